The molecule has 6 heteroatoms. The average Bonchev–Trinajstić information content (AvgIpc) is 2.78. The van der Waals surface area contributed by atoms with E-state index in [-0.39, 0.29) is 24.4 Å². The highest BCUT2D eigenvalue weighted by Gasteiger charge is 2.21. The lowest BCUT2D eigenvalue weighted by Crippen LogP contribution is -2.41. The number of likely N-dealkylation sites (tertiary alicyclic amines) is 1. The molecule has 0 aliphatic carbocycles. The number of nitrogens with zero attached hydrogens (tertiary/aromatic N) is 3. The fourth-order valence-electron chi connectivity index (χ4n) is 2.73. The second-order valence-electron chi connectivity index (χ2n) is 5.53. The zero-order chi connectivity index (χ0) is 15.2. The predicted molar refractivity (Wildman–Crippen MR) is 79.4 cm³/mol. The number of carbonyl (C=O) groups excluding carboxylic acids is 2. The van der Waals surface area contributed by atoms with Gasteiger partial charge in [-0.15, -0.1) is 0 Å². The van der Waals surface area contributed by atoms with E-state index < -0.39 is 0 Å². The lowest BCUT2D eigenvalue weighted by atomic mass is 10.1. The van der Waals surface area contributed by atoms with E-state index in [1.807, 2.05) is 20.0 Å². The van der Waals surface area contributed by atoms with Gasteiger partial charge in [0.15, 0.2) is 0 Å². The Morgan fingerprint density at radius 3 is 2.90 bits per heavy atom. The number of aromatic nitrogens is 2. The fourth-order valence-corrected chi connectivity index (χ4v) is 2.73. The Balaban J connectivity index is 1.93. The van der Waals surface area contributed by atoms with Crippen molar-refractivity contribution in [1.82, 2.24) is 20.0 Å². The molecule has 1 atom stereocenters. The van der Waals surface area contributed by atoms with E-state index in [4.69, 9.17) is 0 Å². The van der Waals surface area contributed by atoms with Crippen LogP contribution in [0.1, 0.15) is 50.8 Å². The summed E-state index contributed by atoms with van der Waals surface area (Å²) in [6, 6.07) is 1.85. The third kappa shape index (κ3) is 4.06. The van der Waals surface area contributed by atoms with Crippen LogP contribution in [0.3, 0.4) is 0 Å². The van der Waals surface area contributed by atoms with Gasteiger partial charge in [0.05, 0.1) is 18.3 Å². The summed E-state index contributed by atoms with van der Waals surface area (Å²) >= 11 is 0. The van der Waals surface area contributed by atoms with Gasteiger partial charge in [0.25, 0.3) is 0 Å². The van der Waals surface area contributed by atoms with Crippen molar-refractivity contribution in [2.75, 3.05) is 13.1 Å². The van der Waals surface area contributed by atoms with Gasteiger partial charge in [0.2, 0.25) is 11.8 Å². The topological polar surface area (TPSA) is 67.2 Å². The first kappa shape index (κ1) is 15.5. The number of amides is 2. The van der Waals surface area contributed by atoms with Gasteiger partial charge in [-0.25, -0.2) is 0 Å². The fraction of sp³-hybridized carbons (Fsp3) is 0.667. The van der Waals surface area contributed by atoms with Crippen molar-refractivity contribution in [1.29, 1.82) is 0 Å². The van der Waals surface area contributed by atoms with Crippen molar-refractivity contribution in [3.8, 4) is 0 Å². The van der Waals surface area contributed by atoms with Crippen molar-refractivity contribution in [3.05, 3.63) is 18.0 Å². The summed E-state index contributed by atoms with van der Waals surface area (Å²) in [4.78, 5) is 25.8. The standard InChI is InChI=1S/C15H24N4O2/c1-3-12(13-8-9-16-18(13)2)17-14(20)11-19-10-6-4-5-7-15(19)21/h8-9,12H,3-7,10-11H2,1-2H3,(H,17,20)/t12-/m1/s1. The van der Waals surface area contributed by atoms with Crippen LogP contribution >= 0.6 is 0 Å². The van der Waals surface area contributed by atoms with E-state index >= 15 is 0 Å². The van der Waals surface area contributed by atoms with Crippen LogP contribution in [0, 0.1) is 0 Å². The Labute approximate surface area is 125 Å². The monoisotopic (exact) mass is 292 g/mol. The first-order chi connectivity index (χ1) is 10.1. The second-order valence-corrected chi connectivity index (χ2v) is 5.53. The van der Waals surface area contributed by atoms with Crippen LogP contribution in [0.25, 0.3) is 0 Å². The zero-order valence-electron chi connectivity index (χ0n) is 12.8. The maximum Gasteiger partial charge on any atom is 0.240 e. The van der Waals surface area contributed by atoms with E-state index in [9.17, 15) is 9.59 Å². The Hall–Kier alpha value is -1.85. The molecule has 2 rings (SSSR count). The quantitative estimate of drug-likeness (QED) is 0.892. The van der Waals surface area contributed by atoms with Crippen LogP contribution in [0.15, 0.2) is 12.3 Å². The minimum atomic E-state index is -0.0988. The van der Waals surface area contributed by atoms with Gasteiger partial charge < -0.3 is 10.2 Å². The van der Waals surface area contributed by atoms with E-state index in [0.29, 0.717) is 13.0 Å². The highest BCUT2D eigenvalue weighted by Crippen LogP contribution is 2.15. The average molecular weight is 292 g/mol. The SMILES string of the molecule is CC[C@@H](NC(=O)CN1CCCCCC1=O)c1ccnn1C. The summed E-state index contributed by atoms with van der Waals surface area (Å²) < 4.78 is 1.77. The van der Waals surface area contributed by atoms with Crippen LogP contribution in [0.4, 0.5) is 0 Å². The maximum atomic E-state index is 12.2. The Morgan fingerprint density at radius 1 is 1.43 bits per heavy atom. The molecule has 1 aliphatic rings. The lowest BCUT2D eigenvalue weighted by molar-refractivity contribution is -0.135. The summed E-state index contributed by atoms with van der Waals surface area (Å²) in [5, 5.41) is 7.14. The van der Waals surface area contributed by atoms with Crippen molar-refractivity contribution in [2.45, 2.75) is 45.1 Å². The van der Waals surface area contributed by atoms with Crippen molar-refractivity contribution in [2.24, 2.45) is 7.05 Å². The third-order valence-corrected chi connectivity index (χ3v) is 3.97. The number of rotatable bonds is 5. The van der Waals surface area contributed by atoms with Gasteiger partial charge in [-0.3, -0.25) is 14.3 Å². The number of nitrogens with one attached hydrogen (secondary N) is 1. The van der Waals surface area contributed by atoms with Gasteiger partial charge in [-0.2, -0.15) is 5.10 Å². The molecule has 0 unspecified atom stereocenters. The molecular formula is C15H24N4O2. The molecule has 0 radical (unpaired) electrons. The maximum absolute atomic E-state index is 12.2. The summed E-state index contributed by atoms with van der Waals surface area (Å²) in [6.07, 6.45) is 6.06. The first-order valence-corrected chi connectivity index (χ1v) is 7.67. The van der Waals surface area contributed by atoms with E-state index in [2.05, 4.69) is 10.4 Å². The largest absolute Gasteiger partial charge is 0.346 e. The predicted octanol–water partition coefficient (Wildman–Crippen LogP) is 1.39. The molecule has 1 saturated heterocycles. The summed E-state index contributed by atoms with van der Waals surface area (Å²) in [5.41, 5.74) is 0.980. The molecular weight excluding hydrogens is 268 g/mol. The van der Waals surface area contributed by atoms with Gasteiger partial charge in [-0.1, -0.05) is 13.3 Å². The molecule has 0 aromatic carbocycles. The minimum Gasteiger partial charge on any atom is -0.346 e. The second kappa shape index (κ2) is 7.24. The van der Waals surface area contributed by atoms with Crippen LogP contribution in [-0.4, -0.2) is 39.6 Å². The summed E-state index contributed by atoms with van der Waals surface area (Å²) in [7, 11) is 1.86. The summed E-state index contributed by atoms with van der Waals surface area (Å²) in [5.74, 6) is -0.00506. The van der Waals surface area contributed by atoms with Crippen LogP contribution < -0.4 is 5.32 Å². The molecule has 1 fully saturated rings. The number of hydrogen-bond donors (Lipinski definition) is 1. The Morgan fingerprint density at radius 2 is 2.24 bits per heavy atom. The van der Waals surface area contributed by atoms with Gasteiger partial charge >= 0.3 is 0 Å². The smallest absolute Gasteiger partial charge is 0.240 e. The summed E-state index contributed by atoms with van der Waals surface area (Å²) in [6.45, 7) is 2.87. The Bertz CT molecular complexity index is 498. The van der Waals surface area contributed by atoms with E-state index in [0.717, 1.165) is 31.4 Å². The van der Waals surface area contributed by atoms with Crippen LogP contribution in [0.2, 0.25) is 0 Å². The van der Waals surface area contributed by atoms with Crippen LogP contribution in [0.5, 0.6) is 0 Å². The van der Waals surface area contributed by atoms with Gasteiger partial charge in [-0.05, 0) is 25.3 Å². The van der Waals surface area contributed by atoms with E-state index in [1.54, 1.807) is 15.8 Å². The molecule has 116 valence electrons. The van der Waals surface area contributed by atoms with Gasteiger partial charge in [0.1, 0.15) is 0 Å². The number of aryl methyl sites for hydroxylation is 1. The van der Waals surface area contributed by atoms with Crippen molar-refractivity contribution < 1.29 is 9.59 Å². The van der Waals surface area contributed by atoms with E-state index in [1.165, 1.54) is 0 Å². The molecule has 0 bridgehead atoms. The molecule has 21 heavy (non-hydrogen) atoms. The van der Waals surface area contributed by atoms with Gasteiger partial charge in [0, 0.05) is 26.2 Å². The highest BCUT2D eigenvalue weighted by atomic mass is 16.2. The zero-order valence-corrected chi connectivity index (χ0v) is 12.8. The molecule has 1 aromatic rings. The third-order valence-electron chi connectivity index (χ3n) is 3.97. The molecule has 1 N–H and O–H groups in total. The van der Waals surface area contributed by atoms with Crippen LogP contribution in [-0.2, 0) is 16.6 Å². The molecule has 0 spiro atoms. The number of hydrogen-bond acceptors (Lipinski definition) is 3. The molecule has 6 nitrogen and oxygen atoms in total. The first-order valence-electron chi connectivity index (χ1n) is 7.67. The minimum absolute atomic E-state index is 0.0629. The lowest BCUT2D eigenvalue weighted by Gasteiger charge is -2.22. The number of carbonyl (C=O) groups is 2. The van der Waals surface area contributed by atoms with Crippen molar-refractivity contribution >= 4 is 11.8 Å². The molecule has 2 amide bonds. The normalized spacial score (nSPS) is 17.4. The molecule has 1 aromatic heterocycles. The molecule has 0 saturated carbocycles. The molecule has 2 heterocycles. The van der Waals surface area contributed by atoms with Crippen molar-refractivity contribution in [3.63, 3.8) is 0 Å². The molecule has 1 aliphatic heterocycles. The Kier molecular flexibility index (Phi) is 5.36. The highest BCUT2D eigenvalue weighted by molar-refractivity contribution is 5.85.